The highest BCUT2D eigenvalue weighted by atomic mass is 35.5. The lowest BCUT2D eigenvalue weighted by molar-refractivity contribution is -0.742. The third-order valence-corrected chi connectivity index (χ3v) is 7.88. The number of nitrogens with zero attached hydrogens (tertiary/aromatic N) is 6. The molecule has 256 valence electrons. The monoisotopic (exact) mass is 705 g/mol. The maximum Gasteiger partial charge on any atom is 0.291 e. The van der Waals surface area contributed by atoms with Crippen LogP contribution < -0.4 is 10.1 Å². The van der Waals surface area contributed by atoms with Crippen molar-refractivity contribution in [3.63, 3.8) is 0 Å². The van der Waals surface area contributed by atoms with E-state index in [1.54, 1.807) is 30.9 Å². The van der Waals surface area contributed by atoms with E-state index in [0.29, 0.717) is 47.4 Å². The van der Waals surface area contributed by atoms with Crippen LogP contribution in [0.3, 0.4) is 0 Å². The Hall–Kier alpha value is -4.77. The topological polar surface area (TPSA) is 210 Å². The van der Waals surface area contributed by atoms with Gasteiger partial charge in [0.05, 0.1) is 30.2 Å². The molecule has 0 spiro atoms. The summed E-state index contributed by atoms with van der Waals surface area (Å²) in [7, 11) is 0. The average molecular weight is 707 g/mol. The SMILES string of the molecule is Clc1ccc(C2(Cn3ccnc3)OCC(COc3ccc(-c4ccnc(NC5CCCCC5)n4)cc3)O2)c(Cl)c1.O=[N+]([O-])O.O=[N+]([O-])O. The molecule has 16 nitrogen and oxygen atoms in total. The molecule has 1 aliphatic heterocycles. The van der Waals surface area contributed by atoms with Crippen molar-refractivity contribution in [2.75, 3.05) is 18.5 Å². The molecule has 2 aromatic heterocycles. The van der Waals surface area contributed by atoms with Gasteiger partial charge in [0.25, 0.3) is 10.2 Å². The van der Waals surface area contributed by atoms with Crippen LogP contribution in [0, 0.1) is 20.2 Å². The fourth-order valence-corrected chi connectivity index (χ4v) is 5.86. The van der Waals surface area contributed by atoms with Crippen LogP contribution in [0.25, 0.3) is 11.3 Å². The van der Waals surface area contributed by atoms with Crippen LogP contribution in [0.4, 0.5) is 5.95 Å². The van der Waals surface area contributed by atoms with Crippen LogP contribution in [0.5, 0.6) is 5.75 Å². The van der Waals surface area contributed by atoms with Gasteiger partial charge in [-0.1, -0.05) is 48.5 Å². The lowest BCUT2D eigenvalue weighted by atomic mass is 9.96. The van der Waals surface area contributed by atoms with Crippen molar-refractivity contribution >= 4 is 29.2 Å². The summed E-state index contributed by atoms with van der Waals surface area (Å²) in [6, 6.07) is 15.6. The maximum atomic E-state index is 8.36. The summed E-state index contributed by atoms with van der Waals surface area (Å²) in [5, 5.41) is 31.8. The summed E-state index contributed by atoms with van der Waals surface area (Å²) in [6.07, 6.45) is 13.0. The summed E-state index contributed by atoms with van der Waals surface area (Å²) in [5.74, 6) is 0.332. The molecule has 48 heavy (non-hydrogen) atoms. The molecule has 3 heterocycles. The van der Waals surface area contributed by atoms with Gasteiger partial charge in [-0.15, -0.1) is 20.2 Å². The highest BCUT2D eigenvalue weighted by Crippen LogP contribution is 2.40. The van der Waals surface area contributed by atoms with Crippen LogP contribution in [-0.4, -0.2) is 65.5 Å². The number of aromatic nitrogens is 4. The Balaban J connectivity index is 0.000000588. The van der Waals surface area contributed by atoms with Crippen LogP contribution >= 0.6 is 23.2 Å². The molecule has 0 bridgehead atoms. The second-order valence-corrected chi connectivity index (χ2v) is 11.6. The fourth-order valence-electron chi connectivity index (χ4n) is 5.30. The fraction of sp³-hybridized carbons (Fsp3) is 0.367. The summed E-state index contributed by atoms with van der Waals surface area (Å²) in [4.78, 5) is 30.0. The second-order valence-electron chi connectivity index (χ2n) is 10.7. The first-order valence-electron chi connectivity index (χ1n) is 14.8. The van der Waals surface area contributed by atoms with E-state index in [2.05, 4.69) is 15.3 Å². The molecule has 2 unspecified atom stereocenters. The van der Waals surface area contributed by atoms with Gasteiger partial charge < -0.3 is 34.5 Å². The molecule has 6 rings (SSSR count). The van der Waals surface area contributed by atoms with E-state index >= 15 is 0 Å². The number of anilines is 1. The van der Waals surface area contributed by atoms with Crippen LogP contribution in [0.2, 0.25) is 10.0 Å². The van der Waals surface area contributed by atoms with E-state index in [4.69, 9.17) is 73.0 Å². The molecule has 18 heteroatoms. The van der Waals surface area contributed by atoms with Gasteiger partial charge >= 0.3 is 0 Å². The van der Waals surface area contributed by atoms with E-state index < -0.39 is 16.0 Å². The van der Waals surface area contributed by atoms with Crippen LogP contribution in [0.1, 0.15) is 37.7 Å². The van der Waals surface area contributed by atoms with E-state index in [9.17, 15) is 0 Å². The summed E-state index contributed by atoms with van der Waals surface area (Å²) < 4.78 is 20.7. The molecule has 1 aliphatic carbocycles. The first kappa shape index (κ1) is 36.1. The first-order chi connectivity index (χ1) is 23.0. The molecule has 2 aromatic carbocycles. The number of benzene rings is 2. The molecule has 2 atom stereocenters. The Kier molecular flexibility index (Phi) is 13.1. The van der Waals surface area contributed by atoms with Gasteiger partial charge in [0, 0.05) is 40.8 Å². The van der Waals surface area contributed by atoms with Gasteiger partial charge in [0.1, 0.15) is 18.5 Å². The molecule has 4 aromatic rings. The van der Waals surface area contributed by atoms with Crippen molar-refractivity contribution in [2.24, 2.45) is 0 Å². The van der Waals surface area contributed by atoms with Crippen LogP contribution in [0.15, 0.2) is 73.4 Å². The van der Waals surface area contributed by atoms with E-state index in [1.165, 1.54) is 32.1 Å². The zero-order valence-electron chi connectivity index (χ0n) is 25.4. The van der Waals surface area contributed by atoms with E-state index in [-0.39, 0.29) is 6.10 Å². The Morgan fingerprint density at radius 3 is 2.38 bits per heavy atom. The number of hydrogen-bond acceptors (Lipinski definition) is 11. The Labute approximate surface area is 284 Å². The van der Waals surface area contributed by atoms with E-state index in [1.807, 2.05) is 47.2 Å². The zero-order valence-corrected chi connectivity index (χ0v) is 26.9. The third kappa shape index (κ3) is 10.9. The molecule has 3 N–H and O–H groups in total. The lowest BCUT2D eigenvalue weighted by Gasteiger charge is -2.30. The Bertz CT molecular complexity index is 1610. The highest BCUT2D eigenvalue weighted by Gasteiger charge is 2.45. The second kappa shape index (κ2) is 17.4. The number of hydrogen-bond donors (Lipinski definition) is 3. The average Bonchev–Trinajstić information content (AvgIpc) is 3.71. The predicted molar refractivity (Wildman–Crippen MR) is 172 cm³/mol. The van der Waals surface area contributed by atoms with Crippen molar-refractivity contribution in [3.05, 3.63) is 109 Å². The number of ether oxygens (including phenoxy) is 3. The van der Waals surface area contributed by atoms with Crippen molar-refractivity contribution in [2.45, 2.75) is 56.6 Å². The summed E-state index contributed by atoms with van der Waals surface area (Å²) in [5.41, 5.74) is 2.58. The minimum absolute atomic E-state index is 0.301. The zero-order chi connectivity index (χ0) is 34.5. The minimum atomic E-state index is -1.50. The van der Waals surface area contributed by atoms with Gasteiger partial charge in [0.2, 0.25) is 11.7 Å². The number of imidazole rings is 1. The van der Waals surface area contributed by atoms with E-state index in [0.717, 1.165) is 17.0 Å². The van der Waals surface area contributed by atoms with Gasteiger partial charge in [-0.05, 0) is 55.3 Å². The molecule has 1 saturated carbocycles. The van der Waals surface area contributed by atoms with Crippen LogP contribution in [-0.2, 0) is 21.8 Å². The molecular formula is C30H33Cl2N7O9. The minimum Gasteiger partial charge on any atom is -0.491 e. The molecule has 0 radical (unpaired) electrons. The molecule has 2 fully saturated rings. The quantitative estimate of drug-likeness (QED) is 0.134. The summed E-state index contributed by atoms with van der Waals surface area (Å²) in [6.45, 7) is 1.05. The molecule has 0 amide bonds. The first-order valence-corrected chi connectivity index (χ1v) is 15.5. The molecular weight excluding hydrogens is 673 g/mol. The van der Waals surface area contributed by atoms with Gasteiger partial charge in [-0.25, -0.2) is 15.0 Å². The van der Waals surface area contributed by atoms with Crippen molar-refractivity contribution < 1.29 is 34.8 Å². The number of rotatable bonds is 9. The summed E-state index contributed by atoms with van der Waals surface area (Å²) >= 11 is 12.7. The molecule has 2 aliphatic rings. The smallest absolute Gasteiger partial charge is 0.291 e. The highest BCUT2D eigenvalue weighted by molar-refractivity contribution is 6.35. The largest absolute Gasteiger partial charge is 0.491 e. The van der Waals surface area contributed by atoms with Gasteiger partial charge in [0.15, 0.2) is 0 Å². The standard InChI is InChI=1S/C30H31Cl2N5O3.2HNO3/c31-22-8-11-26(27(32)16-22)30(19-37-15-14-33-20-37)39-18-25(40-30)17-38-24-9-6-21(7-10-24)28-12-13-34-29(36-28)35-23-4-2-1-3-5-23;2*2-1(3)4/h6-16,20,23,25H,1-5,17-19H2,(H,34,35,36);2*(H,2,3,4). The van der Waals surface area contributed by atoms with Crippen molar-refractivity contribution in [1.82, 2.24) is 19.5 Å². The maximum absolute atomic E-state index is 8.36. The number of halogens is 2. The van der Waals surface area contributed by atoms with Crippen molar-refractivity contribution in [3.8, 4) is 17.0 Å². The normalized spacial score (nSPS) is 18.8. The lowest BCUT2D eigenvalue weighted by Crippen LogP contribution is -2.34. The molecule has 1 saturated heterocycles. The van der Waals surface area contributed by atoms with Gasteiger partial charge in [-0.2, -0.15) is 0 Å². The number of nitrogens with one attached hydrogen (secondary N) is 1. The third-order valence-electron chi connectivity index (χ3n) is 7.33. The van der Waals surface area contributed by atoms with Crippen molar-refractivity contribution in [1.29, 1.82) is 0 Å². The predicted octanol–water partition coefficient (Wildman–Crippen LogP) is 6.04. The van der Waals surface area contributed by atoms with Gasteiger partial charge in [-0.3, -0.25) is 0 Å². The Morgan fingerprint density at radius 1 is 1.02 bits per heavy atom. The Morgan fingerprint density at radius 2 is 1.73 bits per heavy atom.